The monoisotopic (exact) mass is 503 g/mol. The minimum Gasteiger partial charge on any atom is -0.493 e. The van der Waals surface area contributed by atoms with Gasteiger partial charge < -0.3 is 29.6 Å². The number of carbonyl (C=O) groups excluding carboxylic acids is 1. The number of aromatic nitrogens is 2. The first-order valence-corrected chi connectivity index (χ1v) is 12.8. The topological polar surface area (TPSA) is 107 Å². The van der Waals surface area contributed by atoms with E-state index in [1.165, 1.54) is 6.33 Å². The number of ether oxygens (including phenoxy) is 4. The number of hydrogen-bond donors (Lipinski definition) is 2. The fourth-order valence-electron chi connectivity index (χ4n) is 4.01. The highest BCUT2D eigenvalue weighted by Gasteiger charge is 2.24. The summed E-state index contributed by atoms with van der Waals surface area (Å²) >= 11 is 1.60. The Morgan fingerprint density at radius 3 is 2.89 bits per heavy atom. The second-order valence-electron chi connectivity index (χ2n) is 8.20. The van der Waals surface area contributed by atoms with Gasteiger partial charge in [0.15, 0.2) is 17.0 Å². The number of morpholine rings is 1. The number of fused-ring (bicyclic) bond motifs is 1. The number of nitrogens with one attached hydrogen (secondary N) is 2. The van der Waals surface area contributed by atoms with Crippen LogP contribution in [-0.2, 0) is 14.3 Å². The van der Waals surface area contributed by atoms with E-state index in [0.717, 1.165) is 60.8 Å². The molecule has 0 spiro atoms. The van der Waals surface area contributed by atoms with Crippen LogP contribution in [0.1, 0.15) is 26.7 Å². The summed E-state index contributed by atoms with van der Waals surface area (Å²) in [6.07, 6.45) is 2.66. The minimum atomic E-state index is -0.245. The first-order chi connectivity index (χ1) is 17.1. The molecule has 3 heterocycles. The second-order valence-corrected chi connectivity index (χ2v) is 9.52. The summed E-state index contributed by atoms with van der Waals surface area (Å²) < 4.78 is 22.1. The van der Waals surface area contributed by atoms with Gasteiger partial charge in [0.05, 0.1) is 45.5 Å². The second kappa shape index (κ2) is 12.3. The molecule has 1 unspecified atom stereocenters. The number of hydrogen-bond acceptors (Lipinski definition) is 11. The molecule has 2 aliphatic rings. The summed E-state index contributed by atoms with van der Waals surface area (Å²) in [5.74, 6) is 1.72. The van der Waals surface area contributed by atoms with Crippen LogP contribution < -0.4 is 20.1 Å². The highest BCUT2D eigenvalue weighted by atomic mass is 32.2. The lowest BCUT2D eigenvalue weighted by molar-refractivity contribution is -0.142. The number of thioether (sulfide) groups is 1. The fourth-order valence-corrected chi connectivity index (χ4v) is 5.00. The van der Waals surface area contributed by atoms with Gasteiger partial charge in [-0.15, -0.1) is 0 Å². The Morgan fingerprint density at radius 1 is 1.29 bits per heavy atom. The van der Waals surface area contributed by atoms with E-state index in [0.29, 0.717) is 30.5 Å². The van der Waals surface area contributed by atoms with Gasteiger partial charge in [0.25, 0.3) is 0 Å². The minimum absolute atomic E-state index is 0.167. The summed E-state index contributed by atoms with van der Waals surface area (Å²) in [4.78, 5) is 24.2. The molecule has 1 atom stereocenters. The lowest BCUT2D eigenvalue weighted by Crippen LogP contribution is -2.37. The normalized spacial score (nSPS) is 18.4. The molecule has 0 saturated carbocycles. The summed E-state index contributed by atoms with van der Waals surface area (Å²) in [5.41, 5.74) is 1.44. The molecule has 0 amide bonds. The molecule has 11 heteroatoms. The van der Waals surface area contributed by atoms with Crippen LogP contribution in [0.4, 0.5) is 5.82 Å². The van der Waals surface area contributed by atoms with Crippen LogP contribution in [0.3, 0.4) is 0 Å². The molecule has 2 N–H and O–H groups in total. The molecule has 2 aromatic rings. The largest absolute Gasteiger partial charge is 0.493 e. The van der Waals surface area contributed by atoms with Crippen molar-refractivity contribution in [3.8, 4) is 11.5 Å². The van der Waals surface area contributed by atoms with Crippen LogP contribution in [0.15, 0.2) is 29.1 Å². The molecule has 35 heavy (non-hydrogen) atoms. The first kappa shape index (κ1) is 25.3. The van der Waals surface area contributed by atoms with E-state index in [2.05, 4.69) is 25.5 Å². The Bertz CT molecular complexity index is 1060. The molecule has 190 valence electrons. The molecule has 0 bridgehead atoms. The molecular weight excluding hydrogens is 470 g/mol. The zero-order valence-electron chi connectivity index (χ0n) is 20.5. The Kier molecular flexibility index (Phi) is 8.89. The average molecular weight is 504 g/mol. The summed E-state index contributed by atoms with van der Waals surface area (Å²) in [6, 6.07) is 3.79. The summed E-state index contributed by atoms with van der Waals surface area (Å²) in [5, 5.41) is 7.57. The molecular formula is C24H33N5O5S. The van der Waals surface area contributed by atoms with Crippen LogP contribution >= 0.6 is 11.8 Å². The number of methoxy groups -OCH3 is 1. The number of nitrogens with zero attached hydrogens (tertiary/aromatic N) is 3. The average Bonchev–Trinajstić information content (AvgIpc) is 3.20. The van der Waals surface area contributed by atoms with Crippen molar-refractivity contribution in [3.63, 3.8) is 0 Å². The van der Waals surface area contributed by atoms with Gasteiger partial charge in [-0.05, 0) is 26.3 Å². The number of anilines is 1. The molecule has 10 nitrogen and oxygen atoms in total. The molecule has 4 rings (SSSR count). The van der Waals surface area contributed by atoms with Crippen molar-refractivity contribution in [2.45, 2.75) is 32.2 Å². The van der Waals surface area contributed by atoms with Gasteiger partial charge in [0.2, 0.25) is 0 Å². The van der Waals surface area contributed by atoms with Crippen LogP contribution in [0.25, 0.3) is 10.9 Å². The standard InChI is InChI=1S/C24H33N5O5S/c1-4-33-22(30)14-18-16(2)35-24(27-18)28-23-17-12-20(31-3)21(13-19(17)25-15-26-23)34-9-5-6-29-7-10-32-11-8-29/h12-13,15,24,27H,4-11,14H2,1-3H3,(H,25,26,28). The summed E-state index contributed by atoms with van der Waals surface area (Å²) in [7, 11) is 1.63. The van der Waals surface area contributed by atoms with Gasteiger partial charge in [0.1, 0.15) is 12.1 Å². The Morgan fingerprint density at radius 2 is 2.11 bits per heavy atom. The van der Waals surface area contributed by atoms with E-state index in [4.69, 9.17) is 18.9 Å². The van der Waals surface area contributed by atoms with Crippen molar-refractivity contribution in [1.82, 2.24) is 20.2 Å². The van der Waals surface area contributed by atoms with Crippen molar-refractivity contribution in [2.24, 2.45) is 0 Å². The SMILES string of the molecule is CCOC(=O)CC1=C(C)SC(Nc2ncnc3cc(OCCCN4CCOCC4)c(OC)cc23)N1. The van der Waals surface area contributed by atoms with Crippen molar-refractivity contribution in [1.29, 1.82) is 0 Å². The highest BCUT2D eigenvalue weighted by Crippen LogP contribution is 2.36. The van der Waals surface area contributed by atoms with Gasteiger partial charge in [-0.25, -0.2) is 9.97 Å². The maximum absolute atomic E-state index is 11.9. The van der Waals surface area contributed by atoms with E-state index in [9.17, 15) is 4.79 Å². The van der Waals surface area contributed by atoms with Crippen LogP contribution in [-0.4, -0.2) is 79.5 Å². The van der Waals surface area contributed by atoms with Gasteiger partial charge in [-0.3, -0.25) is 9.69 Å². The third kappa shape index (κ3) is 6.68. The molecule has 2 aliphatic heterocycles. The molecule has 1 aromatic heterocycles. The van der Waals surface area contributed by atoms with Crippen molar-refractivity contribution in [3.05, 3.63) is 29.1 Å². The Balaban J connectivity index is 1.39. The lowest BCUT2D eigenvalue weighted by Gasteiger charge is -2.26. The van der Waals surface area contributed by atoms with Gasteiger partial charge in [0, 0.05) is 41.7 Å². The van der Waals surface area contributed by atoms with Crippen LogP contribution in [0.2, 0.25) is 0 Å². The molecule has 0 radical (unpaired) electrons. The Labute approximate surface area is 209 Å². The number of allylic oxidation sites excluding steroid dienone is 1. The highest BCUT2D eigenvalue weighted by molar-refractivity contribution is 8.03. The van der Waals surface area contributed by atoms with E-state index in [1.54, 1.807) is 25.8 Å². The van der Waals surface area contributed by atoms with Crippen LogP contribution in [0, 0.1) is 0 Å². The van der Waals surface area contributed by atoms with Crippen LogP contribution in [0.5, 0.6) is 11.5 Å². The van der Waals surface area contributed by atoms with Gasteiger partial charge >= 0.3 is 5.97 Å². The van der Waals surface area contributed by atoms with Crippen molar-refractivity contribution in [2.75, 3.05) is 58.5 Å². The molecule has 1 fully saturated rings. The summed E-state index contributed by atoms with van der Waals surface area (Å²) in [6.45, 7) is 9.26. The zero-order chi connectivity index (χ0) is 24.6. The smallest absolute Gasteiger partial charge is 0.311 e. The van der Waals surface area contributed by atoms with E-state index in [-0.39, 0.29) is 17.9 Å². The first-order valence-electron chi connectivity index (χ1n) is 11.9. The lowest BCUT2D eigenvalue weighted by atomic mass is 10.2. The van der Waals surface area contributed by atoms with E-state index >= 15 is 0 Å². The third-order valence-corrected chi connectivity index (χ3v) is 6.89. The van der Waals surface area contributed by atoms with Gasteiger partial charge in [-0.1, -0.05) is 11.8 Å². The number of benzene rings is 1. The van der Waals surface area contributed by atoms with Gasteiger partial charge in [-0.2, -0.15) is 0 Å². The fraction of sp³-hybridized carbons (Fsp3) is 0.542. The zero-order valence-corrected chi connectivity index (χ0v) is 21.3. The quantitative estimate of drug-likeness (QED) is 0.349. The molecule has 0 aliphatic carbocycles. The predicted octanol–water partition coefficient (Wildman–Crippen LogP) is 2.96. The number of carbonyl (C=O) groups is 1. The number of esters is 1. The van der Waals surface area contributed by atoms with Crippen molar-refractivity contribution >= 4 is 34.5 Å². The maximum Gasteiger partial charge on any atom is 0.311 e. The Hall–Kier alpha value is -2.76. The van der Waals surface area contributed by atoms with E-state index < -0.39 is 0 Å². The molecule has 1 saturated heterocycles. The third-order valence-electron chi connectivity index (χ3n) is 5.82. The molecule has 1 aromatic carbocycles. The maximum atomic E-state index is 11.9. The predicted molar refractivity (Wildman–Crippen MR) is 136 cm³/mol. The van der Waals surface area contributed by atoms with Crippen molar-refractivity contribution < 1.29 is 23.7 Å². The number of rotatable bonds is 11. The van der Waals surface area contributed by atoms with E-state index in [1.807, 2.05) is 19.1 Å².